The quantitative estimate of drug-likeness (QED) is 0.815. The van der Waals surface area contributed by atoms with E-state index in [0.29, 0.717) is 13.1 Å². The number of carbonyl (C=O) groups excluding carboxylic acids is 1. The minimum Gasteiger partial charge on any atom is -0.343 e. The standard InChI is InChI=1S/C14H19F3N2O/c1-3-19(4-2)14(20)10(8-18)5-9-6-11(15)13(17)12(16)7-9/h6-7,10H,3-5,8,18H2,1-2H3. The zero-order chi connectivity index (χ0) is 15.3. The molecule has 2 N–H and O–H groups in total. The second-order valence-electron chi connectivity index (χ2n) is 4.52. The maximum atomic E-state index is 13.1. The Hall–Kier alpha value is -1.56. The van der Waals surface area contributed by atoms with E-state index in [0.717, 1.165) is 12.1 Å². The van der Waals surface area contributed by atoms with Gasteiger partial charge in [0.1, 0.15) is 0 Å². The van der Waals surface area contributed by atoms with Crippen molar-refractivity contribution in [3.05, 3.63) is 35.1 Å². The molecule has 20 heavy (non-hydrogen) atoms. The van der Waals surface area contributed by atoms with E-state index < -0.39 is 23.4 Å². The van der Waals surface area contributed by atoms with Gasteiger partial charge in [-0.2, -0.15) is 0 Å². The first-order valence-corrected chi connectivity index (χ1v) is 6.56. The Kier molecular flexibility index (Phi) is 6.01. The van der Waals surface area contributed by atoms with Crippen LogP contribution in [0.25, 0.3) is 0 Å². The van der Waals surface area contributed by atoms with E-state index in [1.54, 1.807) is 4.90 Å². The van der Waals surface area contributed by atoms with Crippen LogP contribution < -0.4 is 5.73 Å². The highest BCUT2D eigenvalue weighted by molar-refractivity contribution is 5.79. The fourth-order valence-electron chi connectivity index (χ4n) is 2.08. The summed E-state index contributed by atoms with van der Waals surface area (Å²) >= 11 is 0. The molecule has 1 atom stereocenters. The Morgan fingerprint density at radius 1 is 1.20 bits per heavy atom. The number of halogens is 3. The molecule has 0 aliphatic rings. The molecular formula is C14H19F3N2O. The highest BCUT2D eigenvalue weighted by atomic mass is 19.2. The third-order valence-electron chi connectivity index (χ3n) is 3.23. The largest absolute Gasteiger partial charge is 0.343 e. The lowest BCUT2D eigenvalue weighted by atomic mass is 9.97. The normalized spacial score (nSPS) is 12.3. The number of amides is 1. The second-order valence-corrected chi connectivity index (χ2v) is 4.52. The summed E-state index contributed by atoms with van der Waals surface area (Å²) in [5, 5.41) is 0. The molecule has 0 aromatic heterocycles. The van der Waals surface area contributed by atoms with Gasteiger partial charge in [-0.25, -0.2) is 13.2 Å². The predicted octanol–water partition coefficient (Wildman–Crippen LogP) is 2.09. The van der Waals surface area contributed by atoms with E-state index in [1.165, 1.54) is 0 Å². The van der Waals surface area contributed by atoms with E-state index in [2.05, 4.69) is 0 Å². The first-order valence-electron chi connectivity index (χ1n) is 6.56. The minimum absolute atomic E-state index is 0.0654. The Labute approximate surface area is 116 Å². The molecule has 0 aliphatic heterocycles. The van der Waals surface area contributed by atoms with Gasteiger partial charge in [-0.15, -0.1) is 0 Å². The highest BCUT2D eigenvalue weighted by Gasteiger charge is 2.22. The van der Waals surface area contributed by atoms with Gasteiger partial charge in [-0.3, -0.25) is 4.79 Å². The van der Waals surface area contributed by atoms with Gasteiger partial charge in [0.05, 0.1) is 5.92 Å². The Bertz CT molecular complexity index is 452. The summed E-state index contributed by atoms with van der Waals surface area (Å²) in [5.41, 5.74) is 5.79. The Morgan fingerprint density at radius 3 is 2.10 bits per heavy atom. The molecule has 0 fully saturated rings. The number of carbonyl (C=O) groups is 1. The number of hydrogen-bond acceptors (Lipinski definition) is 2. The monoisotopic (exact) mass is 288 g/mol. The van der Waals surface area contributed by atoms with Crippen molar-refractivity contribution < 1.29 is 18.0 Å². The molecule has 3 nitrogen and oxygen atoms in total. The van der Waals surface area contributed by atoms with Crippen LogP contribution in [0.15, 0.2) is 12.1 Å². The van der Waals surface area contributed by atoms with Crippen LogP contribution in [0, 0.1) is 23.4 Å². The smallest absolute Gasteiger partial charge is 0.227 e. The molecule has 0 saturated heterocycles. The van der Waals surface area contributed by atoms with Gasteiger partial charge in [0, 0.05) is 19.6 Å². The van der Waals surface area contributed by atoms with Gasteiger partial charge in [0.25, 0.3) is 0 Å². The van der Waals surface area contributed by atoms with Gasteiger partial charge in [0.15, 0.2) is 17.5 Å². The van der Waals surface area contributed by atoms with Crippen molar-refractivity contribution in [2.24, 2.45) is 11.7 Å². The van der Waals surface area contributed by atoms with Crippen molar-refractivity contribution in [1.29, 1.82) is 0 Å². The van der Waals surface area contributed by atoms with E-state index >= 15 is 0 Å². The molecule has 0 aliphatic carbocycles. The van der Waals surface area contributed by atoms with Crippen molar-refractivity contribution in [3.8, 4) is 0 Å². The molecule has 1 unspecified atom stereocenters. The second kappa shape index (κ2) is 7.28. The molecule has 0 radical (unpaired) electrons. The number of nitrogens with zero attached hydrogens (tertiary/aromatic N) is 1. The van der Waals surface area contributed by atoms with Crippen LogP contribution in [-0.4, -0.2) is 30.4 Å². The fourth-order valence-corrected chi connectivity index (χ4v) is 2.08. The predicted molar refractivity (Wildman–Crippen MR) is 70.5 cm³/mol. The molecule has 6 heteroatoms. The van der Waals surface area contributed by atoms with Crippen LogP contribution >= 0.6 is 0 Å². The Balaban J connectivity index is 2.91. The molecule has 1 aromatic carbocycles. The summed E-state index contributed by atoms with van der Waals surface area (Å²) in [6, 6.07) is 1.80. The molecule has 0 bridgehead atoms. The molecule has 1 aromatic rings. The van der Waals surface area contributed by atoms with Gasteiger partial charge in [-0.05, 0) is 38.0 Å². The van der Waals surface area contributed by atoms with Crippen LogP contribution in [0.4, 0.5) is 13.2 Å². The third-order valence-corrected chi connectivity index (χ3v) is 3.23. The van der Waals surface area contributed by atoms with Crippen LogP contribution in [-0.2, 0) is 11.2 Å². The molecule has 1 rings (SSSR count). The van der Waals surface area contributed by atoms with Crippen LogP contribution in [0.2, 0.25) is 0 Å². The average Bonchev–Trinajstić information content (AvgIpc) is 2.43. The summed E-state index contributed by atoms with van der Waals surface area (Å²) in [5.74, 6) is -4.76. The van der Waals surface area contributed by atoms with E-state index in [4.69, 9.17) is 5.73 Å². The summed E-state index contributed by atoms with van der Waals surface area (Å²) in [6.07, 6.45) is 0.0833. The van der Waals surface area contributed by atoms with Crippen molar-refractivity contribution >= 4 is 5.91 Å². The lowest BCUT2D eigenvalue weighted by Gasteiger charge is -2.24. The van der Waals surface area contributed by atoms with Gasteiger partial charge in [0.2, 0.25) is 5.91 Å². The third kappa shape index (κ3) is 3.72. The van der Waals surface area contributed by atoms with Crippen molar-refractivity contribution in [2.75, 3.05) is 19.6 Å². The molecule has 0 heterocycles. The van der Waals surface area contributed by atoms with Crippen molar-refractivity contribution in [3.63, 3.8) is 0 Å². The lowest BCUT2D eigenvalue weighted by molar-refractivity contribution is -0.134. The van der Waals surface area contributed by atoms with E-state index in [-0.39, 0.29) is 24.4 Å². The van der Waals surface area contributed by atoms with E-state index in [1.807, 2.05) is 13.8 Å². The SMILES string of the molecule is CCN(CC)C(=O)C(CN)Cc1cc(F)c(F)c(F)c1. The molecule has 0 spiro atoms. The fraction of sp³-hybridized carbons (Fsp3) is 0.500. The van der Waals surface area contributed by atoms with Crippen LogP contribution in [0.5, 0.6) is 0 Å². The lowest BCUT2D eigenvalue weighted by Crippen LogP contribution is -2.39. The van der Waals surface area contributed by atoms with Crippen molar-refractivity contribution in [2.45, 2.75) is 20.3 Å². The first-order chi connectivity index (χ1) is 9.44. The molecule has 112 valence electrons. The van der Waals surface area contributed by atoms with E-state index in [9.17, 15) is 18.0 Å². The summed E-state index contributed by atoms with van der Waals surface area (Å²) in [4.78, 5) is 13.8. The summed E-state index contributed by atoms with van der Waals surface area (Å²) < 4.78 is 39.2. The van der Waals surface area contributed by atoms with Crippen LogP contribution in [0.1, 0.15) is 19.4 Å². The number of nitrogens with two attached hydrogens (primary N) is 1. The summed E-state index contributed by atoms with van der Waals surface area (Å²) in [7, 11) is 0. The molecule has 0 saturated carbocycles. The minimum atomic E-state index is -1.51. The topological polar surface area (TPSA) is 46.3 Å². The average molecular weight is 288 g/mol. The van der Waals surface area contributed by atoms with Gasteiger partial charge >= 0.3 is 0 Å². The zero-order valence-corrected chi connectivity index (χ0v) is 11.6. The maximum absolute atomic E-state index is 13.1. The number of benzene rings is 1. The number of rotatable bonds is 6. The molecular weight excluding hydrogens is 269 g/mol. The van der Waals surface area contributed by atoms with Crippen molar-refractivity contribution in [1.82, 2.24) is 4.90 Å². The maximum Gasteiger partial charge on any atom is 0.227 e. The zero-order valence-electron chi connectivity index (χ0n) is 11.6. The highest BCUT2D eigenvalue weighted by Crippen LogP contribution is 2.17. The molecule has 1 amide bonds. The van der Waals surface area contributed by atoms with Gasteiger partial charge in [-0.1, -0.05) is 0 Å². The van der Waals surface area contributed by atoms with Crippen LogP contribution in [0.3, 0.4) is 0 Å². The Morgan fingerprint density at radius 2 is 1.70 bits per heavy atom. The van der Waals surface area contributed by atoms with Gasteiger partial charge < -0.3 is 10.6 Å². The number of hydrogen-bond donors (Lipinski definition) is 1. The first kappa shape index (κ1) is 16.5. The summed E-state index contributed by atoms with van der Waals surface area (Å²) in [6.45, 7) is 4.82.